The average molecular weight is 403 g/mol. The van der Waals surface area contributed by atoms with Crippen molar-refractivity contribution >= 4 is 45.2 Å². The number of alkyl halides is 1. The third kappa shape index (κ3) is 2.59. The number of nitrogens with zero attached hydrogens (tertiary/aromatic N) is 2. The van der Waals surface area contributed by atoms with Crippen LogP contribution in [0.3, 0.4) is 0 Å². The van der Waals surface area contributed by atoms with E-state index in [2.05, 4.69) is 59.2 Å². The predicted octanol–water partition coefficient (Wildman–Crippen LogP) is 5.38. The molecule has 108 valence electrons. The first kappa shape index (κ1) is 14.6. The van der Waals surface area contributed by atoms with Crippen LogP contribution in [-0.4, -0.2) is 9.55 Å². The Hall–Kier alpha value is -0.290. The Bertz CT molecular complexity index is 622. The predicted molar refractivity (Wildman–Crippen MR) is 93.2 cm³/mol. The van der Waals surface area contributed by atoms with Crippen LogP contribution in [0.1, 0.15) is 45.0 Å². The molecule has 0 saturated heterocycles. The van der Waals surface area contributed by atoms with Crippen LogP contribution < -0.4 is 0 Å². The molecule has 1 saturated carbocycles. The summed E-state index contributed by atoms with van der Waals surface area (Å²) in [6.07, 6.45) is 3.78. The van der Waals surface area contributed by atoms with Crippen LogP contribution in [0.5, 0.6) is 0 Å². The molecule has 2 nitrogen and oxygen atoms in total. The van der Waals surface area contributed by atoms with Crippen LogP contribution in [0, 0.1) is 15.4 Å². The summed E-state index contributed by atoms with van der Waals surface area (Å²) >= 11 is 8.48. The minimum Gasteiger partial charge on any atom is -0.324 e. The van der Waals surface area contributed by atoms with Gasteiger partial charge in [-0.2, -0.15) is 0 Å². The van der Waals surface area contributed by atoms with E-state index in [1.165, 1.54) is 28.3 Å². The van der Waals surface area contributed by atoms with Gasteiger partial charge in [-0.3, -0.25) is 0 Å². The lowest BCUT2D eigenvalue weighted by Crippen LogP contribution is -2.24. The zero-order valence-electron chi connectivity index (χ0n) is 11.9. The van der Waals surface area contributed by atoms with Crippen molar-refractivity contribution in [2.24, 2.45) is 11.8 Å². The second kappa shape index (κ2) is 5.84. The van der Waals surface area contributed by atoms with Gasteiger partial charge in [-0.15, -0.1) is 11.6 Å². The quantitative estimate of drug-likeness (QED) is 0.487. The van der Waals surface area contributed by atoms with Crippen molar-refractivity contribution < 1.29 is 0 Å². The molecule has 20 heavy (non-hydrogen) atoms. The molecule has 1 aliphatic rings. The molecule has 3 rings (SSSR count). The highest BCUT2D eigenvalue weighted by molar-refractivity contribution is 14.1. The van der Waals surface area contributed by atoms with Gasteiger partial charge in [0, 0.05) is 9.61 Å². The molecule has 0 amide bonds. The first-order chi connectivity index (χ1) is 9.60. The lowest BCUT2D eigenvalue weighted by molar-refractivity contribution is 0.211. The molecule has 2 aromatic rings. The third-order valence-corrected chi connectivity index (χ3v) is 5.69. The summed E-state index contributed by atoms with van der Waals surface area (Å²) in [6, 6.07) is 7.06. The van der Waals surface area contributed by atoms with E-state index in [0.29, 0.717) is 11.9 Å². The standard InChI is InChI=1S/C16H20ClIN2/c1-10-3-5-13(7-11(10)2)20-15-6-4-12(18)8-14(15)19-16(20)9-17/h4,6,8,10-11,13H,3,5,7,9H2,1-2H3. The van der Waals surface area contributed by atoms with Crippen molar-refractivity contribution in [1.82, 2.24) is 9.55 Å². The molecular formula is C16H20ClIN2. The molecule has 1 aliphatic carbocycles. The zero-order valence-corrected chi connectivity index (χ0v) is 14.9. The fourth-order valence-corrected chi connectivity index (χ4v) is 4.04. The molecule has 3 atom stereocenters. The van der Waals surface area contributed by atoms with Crippen molar-refractivity contribution in [3.05, 3.63) is 27.6 Å². The lowest BCUT2D eigenvalue weighted by Gasteiger charge is -2.33. The number of imidazole rings is 1. The van der Waals surface area contributed by atoms with Gasteiger partial charge < -0.3 is 4.57 Å². The molecule has 1 aromatic heterocycles. The number of aromatic nitrogens is 2. The first-order valence-corrected chi connectivity index (χ1v) is 8.93. The van der Waals surface area contributed by atoms with E-state index >= 15 is 0 Å². The van der Waals surface area contributed by atoms with Crippen molar-refractivity contribution in [1.29, 1.82) is 0 Å². The van der Waals surface area contributed by atoms with Crippen LogP contribution in [0.4, 0.5) is 0 Å². The van der Waals surface area contributed by atoms with Crippen molar-refractivity contribution in [2.75, 3.05) is 0 Å². The third-order valence-electron chi connectivity index (χ3n) is 4.78. The number of hydrogen-bond acceptors (Lipinski definition) is 1. The number of hydrogen-bond donors (Lipinski definition) is 0. The number of rotatable bonds is 2. The van der Waals surface area contributed by atoms with Gasteiger partial charge in [0.25, 0.3) is 0 Å². The molecule has 0 aliphatic heterocycles. The van der Waals surface area contributed by atoms with Gasteiger partial charge in [-0.25, -0.2) is 4.98 Å². The maximum atomic E-state index is 6.14. The summed E-state index contributed by atoms with van der Waals surface area (Å²) in [7, 11) is 0. The Labute approximate surface area is 139 Å². The number of fused-ring (bicyclic) bond motifs is 1. The highest BCUT2D eigenvalue weighted by Crippen LogP contribution is 2.38. The Morgan fingerprint density at radius 1 is 1.30 bits per heavy atom. The summed E-state index contributed by atoms with van der Waals surface area (Å²) in [5, 5.41) is 0. The van der Waals surface area contributed by atoms with Crippen LogP contribution >= 0.6 is 34.2 Å². The molecular weight excluding hydrogens is 383 g/mol. The summed E-state index contributed by atoms with van der Waals surface area (Å²) in [5.41, 5.74) is 2.33. The van der Waals surface area contributed by atoms with Crippen molar-refractivity contribution in [3.63, 3.8) is 0 Å². The second-order valence-corrected chi connectivity index (χ2v) is 7.60. The van der Waals surface area contributed by atoms with Gasteiger partial charge >= 0.3 is 0 Å². The van der Waals surface area contributed by atoms with E-state index in [9.17, 15) is 0 Å². The van der Waals surface area contributed by atoms with Crippen molar-refractivity contribution in [3.8, 4) is 0 Å². The SMILES string of the molecule is CC1CCC(n2c(CCl)nc3cc(I)ccc32)CC1C. The van der Waals surface area contributed by atoms with Crippen LogP contribution in [-0.2, 0) is 5.88 Å². The van der Waals surface area contributed by atoms with Gasteiger partial charge in [-0.05, 0) is 71.9 Å². The minimum atomic E-state index is 0.492. The van der Waals surface area contributed by atoms with Gasteiger partial charge in [0.15, 0.2) is 0 Å². The Kier molecular flexibility index (Phi) is 4.27. The lowest BCUT2D eigenvalue weighted by atomic mass is 9.79. The topological polar surface area (TPSA) is 17.8 Å². The zero-order chi connectivity index (χ0) is 14.3. The molecule has 0 radical (unpaired) electrons. The highest BCUT2D eigenvalue weighted by atomic mass is 127. The molecule has 1 heterocycles. The van der Waals surface area contributed by atoms with E-state index in [1.54, 1.807) is 0 Å². The van der Waals surface area contributed by atoms with E-state index in [-0.39, 0.29) is 0 Å². The van der Waals surface area contributed by atoms with Crippen LogP contribution in [0.2, 0.25) is 0 Å². The number of benzene rings is 1. The van der Waals surface area contributed by atoms with Gasteiger partial charge in [0.2, 0.25) is 0 Å². The molecule has 0 bridgehead atoms. The smallest absolute Gasteiger partial charge is 0.125 e. The molecule has 1 fully saturated rings. The summed E-state index contributed by atoms with van der Waals surface area (Å²) in [5.74, 6) is 3.13. The maximum absolute atomic E-state index is 6.14. The second-order valence-electron chi connectivity index (χ2n) is 6.09. The van der Waals surface area contributed by atoms with E-state index in [0.717, 1.165) is 23.2 Å². The molecule has 4 heteroatoms. The van der Waals surface area contributed by atoms with E-state index in [1.807, 2.05) is 0 Å². The normalized spacial score (nSPS) is 27.1. The van der Waals surface area contributed by atoms with Crippen LogP contribution in [0.25, 0.3) is 11.0 Å². The summed E-state index contributed by atoms with van der Waals surface area (Å²) in [6.45, 7) is 4.75. The maximum Gasteiger partial charge on any atom is 0.125 e. The average Bonchev–Trinajstić information content (AvgIpc) is 2.79. The Morgan fingerprint density at radius 3 is 2.80 bits per heavy atom. The van der Waals surface area contributed by atoms with E-state index < -0.39 is 0 Å². The van der Waals surface area contributed by atoms with Crippen molar-refractivity contribution in [2.45, 2.75) is 45.0 Å². The fourth-order valence-electron chi connectivity index (χ4n) is 3.38. The van der Waals surface area contributed by atoms with Gasteiger partial charge in [-0.1, -0.05) is 13.8 Å². The van der Waals surface area contributed by atoms with E-state index in [4.69, 9.17) is 16.6 Å². The molecule has 0 N–H and O–H groups in total. The summed E-state index contributed by atoms with van der Waals surface area (Å²) < 4.78 is 3.63. The molecule has 3 unspecified atom stereocenters. The largest absolute Gasteiger partial charge is 0.324 e. The Morgan fingerprint density at radius 2 is 2.10 bits per heavy atom. The molecule has 0 spiro atoms. The van der Waals surface area contributed by atoms with Gasteiger partial charge in [0.05, 0.1) is 16.9 Å². The fraction of sp³-hybridized carbons (Fsp3) is 0.562. The minimum absolute atomic E-state index is 0.492. The summed E-state index contributed by atoms with van der Waals surface area (Å²) in [4.78, 5) is 4.74. The van der Waals surface area contributed by atoms with Crippen LogP contribution in [0.15, 0.2) is 18.2 Å². The highest BCUT2D eigenvalue weighted by Gasteiger charge is 2.28. The number of halogens is 2. The first-order valence-electron chi connectivity index (χ1n) is 7.32. The monoisotopic (exact) mass is 402 g/mol. The molecule has 1 aromatic carbocycles. The van der Waals surface area contributed by atoms with Gasteiger partial charge in [0.1, 0.15) is 5.82 Å². The Balaban J connectivity index is 2.05.